The van der Waals surface area contributed by atoms with E-state index < -0.39 is 0 Å². The minimum atomic E-state index is -0.293. The second-order valence-corrected chi connectivity index (χ2v) is 40.5. The largest absolute Gasteiger partial charge is 0.456 e. The van der Waals surface area contributed by atoms with Crippen molar-refractivity contribution in [3.63, 3.8) is 0 Å². The fourth-order valence-electron chi connectivity index (χ4n) is 24.1. The first kappa shape index (κ1) is 87.0. The number of benzene rings is 25. The van der Waals surface area contributed by atoms with E-state index in [-0.39, 0.29) is 10.8 Å². The molecule has 0 aliphatic heterocycles. The Bertz CT molecular complexity index is 9870. The molecule has 148 heavy (non-hydrogen) atoms. The van der Waals surface area contributed by atoms with Crippen molar-refractivity contribution in [3.05, 3.63) is 544 Å². The van der Waals surface area contributed by atoms with Crippen LogP contribution in [0.15, 0.2) is 531 Å². The molecule has 698 valence electrons. The van der Waals surface area contributed by atoms with E-state index in [1.54, 1.807) is 0 Å². The number of hydrogen-bond acceptors (Lipinski definition) is 6. The van der Waals surface area contributed by atoms with Crippen LogP contribution < -0.4 is 19.6 Å². The lowest BCUT2D eigenvalue weighted by Crippen LogP contribution is -2.17. The van der Waals surface area contributed by atoms with E-state index in [9.17, 15) is 0 Å². The van der Waals surface area contributed by atoms with Gasteiger partial charge in [0.2, 0.25) is 0 Å². The highest BCUT2D eigenvalue weighted by Gasteiger charge is 2.40. The maximum absolute atomic E-state index is 6.20. The average molecular weight is 1890 g/mol. The molecular weight excluding hydrogens is 1790 g/mol. The van der Waals surface area contributed by atoms with Crippen molar-refractivity contribution < 1.29 is 8.83 Å². The minimum Gasteiger partial charge on any atom is -0.456 e. The molecule has 6 heteroatoms. The molecule has 2 aliphatic carbocycles. The number of fused-ring (bicyclic) bond motifs is 25. The molecule has 0 unspecified atom stereocenters. The van der Waals surface area contributed by atoms with Gasteiger partial charge in [-0.05, 0) is 347 Å². The van der Waals surface area contributed by atoms with Crippen molar-refractivity contribution in [2.24, 2.45) is 0 Å². The molecule has 2 heterocycles. The van der Waals surface area contributed by atoms with Crippen LogP contribution in [-0.4, -0.2) is 0 Å². The van der Waals surface area contributed by atoms with Gasteiger partial charge in [0.1, 0.15) is 22.3 Å². The Hall–Kier alpha value is -18.9. The molecule has 2 aromatic heterocycles. The van der Waals surface area contributed by atoms with Crippen LogP contribution in [0.2, 0.25) is 0 Å². The average Bonchev–Trinajstić information content (AvgIpc) is 1.43. The molecule has 6 nitrogen and oxygen atoms in total. The van der Waals surface area contributed by atoms with Crippen LogP contribution in [0.4, 0.5) is 68.2 Å². The summed E-state index contributed by atoms with van der Waals surface area (Å²) in [5, 5.41) is 22.3. The topological polar surface area (TPSA) is 39.2 Å². The summed E-state index contributed by atoms with van der Waals surface area (Å²) in [6.07, 6.45) is 0. The summed E-state index contributed by atoms with van der Waals surface area (Å²) in [5.41, 5.74) is 36.2. The maximum Gasteiger partial charge on any atom is 0.135 e. The van der Waals surface area contributed by atoms with Gasteiger partial charge in [-0.2, -0.15) is 0 Å². The highest BCUT2D eigenvalue weighted by atomic mass is 16.3. The minimum absolute atomic E-state index is 0.267. The zero-order chi connectivity index (χ0) is 98.4. The third kappa shape index (κ3) is 14.6. The van der Waals surface area contributed by atoms with E-state index in [0.29, 0.717) is 0 Å². The molecule has 0 N–H and O–H groups in total. The number of rotatable bonds is 16. The Morgan fingerprint density at radius 1 is 0.142 bits per heavy atom. The molecule has 0 fully saturated rings. The fourth-order valence-corrected chi connectivity index (χ4v) is 24.1. The number of para-hydroxylation sites is 5. The quantitative estimate of drug-likeness (QED) is 0.0898. The van der Waals surface area contributed by atoms with Crippen molar-refractivity contribution in [1.29, 1.82) is 0 Å². The van der Waals surface area contributed by atoms with Gasteiger partial charge in [0.05, 0.1) is 5.69 Å². The van der Waals surface area contributed by atoms with Gasteiger partial charge in [-0.15, -0.1) is 0 Å². The SMILES string of the molecule is CC1(C)c2cc(N(c3ccc(-c4ccc5oc6ccccc6c5c4)cc3)c3ccc(-c4ccc5c6ccccc6c6ccccc6c5c4)cc3)ccc2-c2ccc(N(c3ccccc3)c3cccc4ccccc34)cc21.CC1(C)c2cc(N(c3ccccc3)c3ccccc3)ccc2-c2ccc(N(c3ccc(-c4ccc5oc6ccccc6c5c4)cc3)c3ccc(-c4ccc5c6ccccc6c6ccccc6c5c4)cc3)cc21. The maximum atomic E-state index is 6.20. The Balaban J connectivity index is 0.000000143. The van der Waals surface area contributed by atoms with Crippen LogP contribution in [0.3, 0.4) is 0 Å². The summed E-state index contributed by atoms with van der Waals surface area (Å²) in [5.74, 6) is 0. The highest BCUT2D eigenvalue weighted by molar-refractivity contribution is 6.27. The lowest BCUT2D eigenvalue weighted by molar-refractivity contribution is 0.660. The lowest BCUT2D eigenvalue weighted by Gasteiger charge is -2.29. The van der Waals surface area contributed by atoms with E-state index in [1.807, 2.05) is 24.3 Å². The first-order chi connectivity index (χ1) is 72.9. The number of nitrogens with zero attached hydrogens (tertiary/aromatic N) is 4. The lowest BCUT2D eigenvalue weighted by atomic mass is 9.82. The van der Waals surface area contributed by atoms with Crippen molar-refractivity contribution in [1.82, 2.24) is 0 Å². The van der Waals surface area contributed by atoms with Crippen LogP contribution in [0.1, 0.15) is 49.9 Å². The van der Waals surface area contributed by atoms with Gasteiger partial charge in [0.25, 0.3) is 0 Å². The summed E-state index contributed by atoms with van der Waals surface area (Å²) in [6.45, 7) is 9.54. The molecule has 2 aliphatic rings. The van der Waals surface area contributed by atoms with Crippen LogP contribution in [0.25, 0.3) is 186 Å². The zero-order valence-electron chi connectivity index (χ0n) is 82.3. The van der Waals surface area contributed by atoms with E-state index in [2.05, 4.69) is 545 Å². The first-order valence-corrected chi connectivity index (χ1v) is 51.2. The third-order valence-corrected chi connectivity index (χ3v) is 31.4. The van der Waals surface area contributed by atoms with E-state index in [0.717, 1.165) is 134 Å². The molecule has 0 bridgehead atoms. The molecule has 0 saturated carbocycles. The molecule has 0 amide bonds. The summed E-state index contributed by atoms with van der Waals surface area (Å²) in [7, 11) is 0. The van der Waals surface area contributed by atoms with Crippen LogP contribution in [0, 0.1) is 0 Å². The smallest absolute Gasteiger partial charge is 0.135 e. The number of hydrogen-bond donors (Lipinski definition) is 0. The molecular formula is C142H98N4O2. The van der Waals surface area contributed by atoms with Gasteiger partial charge in [-0.1, -0.05) is 361 Å². The van der Waals surface area contributed by atoms with Gasteiger partial charge in [-0.3, -0.25) is 0 Å². The molecule has 0 radical (unpaired) electrons. The molecule has 27 aromatic rings. The summed E-state index contributed by atoms with van der Waals surface area (Å²) >= 11 is 0. The Morgan fingerprint density at radius 2 is 0.365 bits per heavy atom. The monoisotopic (exact) mass is 1890 g/mol. The molecule has 0 atom stereocenters. The van der Waals surface area contributed by atoms with E-state index >= 15 is 0 Å². The third-order valence-electron chi connectivity index (χ3n) is 31.4. The Kier molecular flexibility index (Phi) is 20.6. The van der Waals surface area contributed by atoms with Gasteiger partial charge in [0.15, 0.2) is 0 Å². The highest BCUT2D eigenvalue weighted by Crippen LogP contribution is 2.57. The fraction of sp³-hybridized carbons (Fsp3) is 0.0423. The summed E-state index contributed by atoms with van der Waals surface area (Å²) < 4.78 is 12.4. The van der Waals surface area contributed by atoms with Crippen molar-refractivity contribution >= 4 is 188 Å². The second-order valence-electron chi connectivity index (χ2n) is 40.5. The summed E-state index contributed by atoms with van der Waals surface area (Å²) in [4.78, 5) is 9.61. The zero-order valence-corrected chi connectivity index (χ0v) is 82.3. The Labute approximate surface area is 859 Å². The first-order valence-electron chi connectivity index (χ1n) is 51.2. The normalized spacial score (nSPS) is 12.7. The summed E-state index contributed by atoms with van der Waals surface area (Å²) in [6, 6.07) is 191. The van der Waals surface area contributed by atoms with E-state index in [4.69, 9.17) is 8.83 Å². The van der Waals surface area contributed by atoms with Crippen LogP contribution in [-0.2, 0) is 10.8 Å². The number of anilines is 12. The van der Waals surface area contributed by atoms with Gasteiger partial charge in [-0.25, -0.2) is 0 Å². The standard InChI is InChI=1S/C73H50N2O.C69H48N2O/c1-73(2)68-45-55(37-40-63(68)64-41-38-56(46-69(64)73)75(52-17-4-3-5-18-52)70-25-14-16-49-15-6-7-19-57(49)70)74(54-35-29-48(30-36-54)51-32-42-72-67(44-51)65-24-12-13-26-71(65)76-72)53-33-27-47(28-34-53)50-31-39-62-60-22-9-8-20-58(60)59-21-10-11-23-61(59)66(62)43-50;1-69(2)65-43-53(70(49-15-5-3-6-16-49)50-17-7-4-8-18-50)35-38-60(65)61-39-36-54(44-66(61)69)71(52-33-27-46(28-34-52)48-30-40-68-64(42-48)62-23-13-14-24-67(62)72-68)51-31-25-45(26-32-51)47-29-37-59-57-21-10-9-19-55(57)56-20-11-12-22-58(56)63(59)41-47/h3-46H,1-2H3;3-44H,1-2H3. The van der Waals surface area contributed by atoms with E-state index in [1.165, 1.54) is 142 Å². The Morgan fingerprint density at radius 3 is 0.696 bits per heavy atom. The van der Waals surface area contributed by atoms with Gasteiger partial charge >= 0.3 is 0 Å². The number of furan rings is 2. The predicted octanol–water partition coefficient (Wildman–Crippen LogP) is 40.4. The van der Waals surface area contributed by atoms with Gasteiger partial charge < -0.3 is 28.4 Å². The second kappa shape index (κ2) is 35.0. The van der Waals surface area contributed by atoms with Crippen LogP contribution >= 0.6 is 0 Å². The predicted molar refractivity (Wildman–Crippen MR) is 626 cm³/mol. The molecule has 0 saturated heterocycles. The molecule has 25 aromatic carbocycles. The van der Waals surface area contributed by atoms with Crippen LogP contribution in [0.5, 0.6) is 0 Å². The van der Waals surface area contributed by atoms with Crippen molar-refractivity contribution in [2.45, 2.75) is 38.5 Å². The van der Waals surface area contributed by atoms with Crippen molar-refractivity contribution in [2.75, 3.05) is 19.6 Å². The molecule has 29 rings (SSSR count). The van der Waals surface area contributed by atoms with Crippen molar-refractivity contribution in [3.8, 4) is 66.8 Å². The van der Waals surface area contributed by atoms with Gasteiger partial charge in [0, 0.05) is 100 Å². The molecule has 0 spiro atoms.